The molecule has 0 heterocycles. The second-order valence-corrected chi connectivity index (χ2v) is 10.1. The van der Waals surface area contributed by atoms with Gasteiger partial charge < -0.3 is 0 Å². The lowest BCUT2D eigenvalue weighted by atomic mass is 9.90. The van der Waals surface area contributed by atoms with Gasteiger partial charge in [0.2, 0.25) is 0 Å². The highest BCUT2D eigenvalue weighted by molar-refractivity contribution is 8.33. The van der Waals surface area contributed by atoms with Gasteiger partial charge in [0.15, 0.2) is 5.78 Å². The lowest BCUT2D eigenvalue weighted by Crippen LogP contribution is -2.33. The number of rotatable bonds is 3. The van der Waals surface area contributed by atoms with E-state index in [0.717, 1.165) is 0 Å². The molecule has 29 heavy (non-hydrogen) atoms. The minimum Gasteiger partial charge on any atom is -0.293 e. The zero-order valence-electron chi connectivity index (χ0n) is 15.4. The Morgan fingerprint density at radius 3 is 1.93 bits per heavy atom. The van der Waals surface area contributed by atoms with Crippen molar-refractivity contribution in [3.05, 3.63) is 68.8 Å². The Hall–Kier alpha value is -4.18. The molecule has 0 amide bonds. The molecule has 0 fully saturated rings. The van der Waals surface area contributed by atoms with Crippen molar-refractivity contribution in [2.45, 2.75) is 10.1 Å². The van der Waals surface area contributed by atoms with E-state index >= 15 is 0 Å². The van der Waals surface area contributed by atoms with Gasteiger partial charge in [0.1, 0.15) is 35.4 Å². The molecule has 0 aromatic heterocycles. The molecule has 1 aliphatic rings. The number of Topliss-reactive ketones (excluding diaryl/α,β-unsaturated/α-hetero) is 1. The number of carbonyl (C=O) groups is 1. The molecular formula is C20H13N5O3S. The number of ketones is 1. The van der Waals surface area contributed by atoms with Gasteiger partial charge in [0, 0.05) is 23.3 Å². The molecule has 0 radical (unpaired) electrons. The van der Waals surface area contributed by atoms with Gasteiger partial charge in [-0.1, -0.05) is 6.08 Å². The highest BCUT2D eigenvalue weighted by atomic mass is 32.3. The van der Waals surface area contributed by atoms with Crippen LogP contribution in [-0.2, 0) is 4.79 Å². The van der Waals surface area contributed by atoms with Crippen molar-refractivity contribution in [3.63, 3.8) is 0 Å². The summed E-state index contributed by atoms with van der Waals surface area (Å²) in [7, 11) is -2.09. The molecule has 0 aliphatic heterocycles. The number of hydrogen-bond acceptors (Lipinski definition) is 7. The van der Waals surface area contributed by atoms with Crippen molar-refractivity contribution >= 4 is 21.5 Å². The predicted molar refractivity (Wildman–Crippen MR) is 105 cm³/mol. The van der Waals surface area contributed by atoms with Gasteiger partial charge in [-0.25, -0.2) is 10.0 Å². The monoisotopic (exact) mass is 403 g/mol. The normalized spacial score (nSPS) is 16.1. The lowest BCUT2D eigenvalue weighted by molar-refractivity contribution is -0.384. The summed E-state index contributed by atoms with van der Waals surface area (Å²) >= 11 is 0. The Morgan fingerprint density at radius 2 is 1.48 bits per heavy atom. The Balaban J connectivity index is 2.78. The molecule has 1 unspecified atom stereocenters. The van der Waals surface area contributed by atoms with Gasteiger partial charge >= 0.3 is 0 Å². The number of carbonyl (C=O) groups excluding carboxylic acids is 1. The lowest BCUT2D eigenvalue weighted by Gasteiger charge is -2.41. The number of allylic oxidation sites excluding steroid dienone is 5. The predicted octanol–water partition coefficient (Wildman–Crippen LogP) is 3.21. The highest BCUT2D eigenvalue weighted by Gasteiger charge is 2.40. The van der Waals surface area contributed by atoms with Crippen molar-refractivity contribution in [2.75, 3.05) is 12.5 Å². The summed E-state index contributed by atoms with van der Waals surface area (Å²) in [5.41, 5.74) is -0.582. The second kappa shape index (κ2) is 8.23. The molecule has 0 saturated heterocycles. The first kappa shape index (κ1) is 21.1. The first-order valence-corrected chi connectivity index (χ1v) is 10.5. The Bertz CT molecular complexity index is 1130. The zero-order chi connectivity index (χ0) is 21.8. The Labute approximate surface area is 168 Å². The maximum absolute atomic E-state index is 13.3. The number of nitro benzene ring substituents is 1. The van der Waals surface area contributed by atoms with E-state index in [4.69, 9.17) is 10.5 Å². The third-order valence-corrected chi connectivity index (χ3v) is 7.60. The summed E-state index contributed by atoms with van der Waals surface area (Å²) in [5, 5.41) is 46.9. The van der Waals surface area contributed by atoms with Crippen molar-refractivity contribution in [2.24, 2.45) is 0 Å². The number of benzene rings is 1. The molecule has 0 saturated carbocycles. The fraction of sp³-hybridized carbons (Fsp3) is 0.150. The highest BCUT2D eigenvalue weighted by Crippen LogP contribution is 2.58. The average Bonchev–Trinajstić information content (AvgIpc) is 2.71. The van der Waals surface area contributed by atoms with Crippen LogP contribution in [0.1, 0.15) is 0 Å². The van der Waals surface area contributed by atoms with Gasteiger partial charge in [-0.2, -0.15) is 21.0 Å². The number of nitro groups is 1. The van der Waals surface area contributed by atoms with Crippen LogP contribution in [0.3, 0.4) is 0 Å². The van der Waals surface area contributed by atoms with Crippen LogP contribution >= 0.6 is 10.0 Å². The summed E-state index contributed by atoms with van der Waals surface area (Å²) in [4.78, 5) is 24.3. The zero-order valence-corrected chi connectivity index (χ0v) is 16.2. The van der Waals surface area contributed by atoms with Crippen LogP contribution in [0.2, 0.25) is 0 Å². The summed E-state index contributed by atoms with van der Waals surface area (Å²) in [6.45, 7) is 0. The Morgan fingerprint density at radius 1 is 0.966 bits per heavy atom. The topological polar surface area (TPSA) is 155 Å². The van der Waals surface area contributed by atoms with E-state index in [2.05, 4.69) is 0 Å². The standard InChI is InChI=1S/C20H13N5O3S/c1-29(2,16-5-3-15(4-6-16)25(27)28)20-18(14(11-23)12-24)8-7-17(19(20)26)13(9-21)10-22/h3-8,20H,1-2H3. The molecule has 1 aromatic carbocycles. The summed E-state index contributed by atoms with van der Waals surface area (Å²) in [6.07, 6.45) is 6.24. The molecule has 1 atom stereocenters. The number of hydrogen-bond donors (Lipinski definition) is 0. The van der Waals surface area contributed by atoms with Gasteiger partial charge in [-0.15, -0.1) is 0 Å². The quantitative estimate of drug-likeness (QED) is 0.324. The molecular weight excluding hydrogens is 390 g/mol. The first-order chi connectivity index (χ1) is 13.7. The van der Waals surface area contributed by atoms with Crippen LogP contribution in [-0.4, -0.2) is 28.5 Å². The van der Waals surface area contributed by atoms with E-state index in [0.29, 0.717) is 4.90 Å². The third-order valence-electron chi connectivity index (χ3n) is 4.47. The first-order valence-electron chi connectivity index (χ1n) is 8.00. The SMILES string of the molecule is CS(C)(c1ccc([N+](=O)[O-])cc1)C1C(=O)C(=C(C#N)C#N)C=CC1=C(C#N)C#N. The molecule has 1 aromatic rings. The van der Waals surface area contributed by atoms with Crippen molar-refractivity contribution in [1.82, 2.24) is 0 Å². The van der Waals surface area contributed by atoms with Gasteiger partial charge in [0.25, 0.3) is 5.69 Å². The van der Waals surface area contributed by atoms with Gasteiger partial charge in [0.05, 0.1) is 10.2 Å². The molecule has 8 nitrogen and oxygen atoms in total. The molecule has 9 heteroatoms. The molecule has 2 rings (SSSR count). The molecule has 142 valence electrons. The van der Waals surface area contributed by atoms with E-state index in [1.54, 1.807) is 36.8 Å². The minimum absolute atomic E-state index is 0.0820. The number of nitrogens with zero attached hydrogens (tertiary/aromatic N) is 5. The van der Waals surface area contributed by atoms with Crippen LogP contribution in [0, 0.1) is 55.4 Å². The third kappa shape index (κ3) is 3.77. The smallest absolute Gasteiger partial charge is 0.269 e. The molecule has 0 N–H and O–H groups in total. The van der Waals surface area contributed by atoms with Crippen LogP contribution in [0.15, 0.2) is 63.6 Å². The summed E-state index contributed by atoms with van der Waals surface area (Å²) in [6, 6.07) is 12.7. The van der Waals surface area contributed by atoms with E-state index < -0.39 is 26.0 Å². The van der Waals surface area contributed by atoms with Crippen LogP contribution < -0.4 is 0 Å². The molecule has 1 aliphatic carbocycles. The van der Waals surface area contributed by atoms with Gasteiger partial charge in [-0.3, -0.25) is 14.9 Å². The van der Waals surface area contributed by atoms with Gasteiger partial charge in [-0.05, 0) is 35.6 Å². The summed E-state index contributed by atoms with van der Waals surface area (Å²) < 4.78 is 0. The van der Waals surface area contributed by atoms with E-state index in [1.165, 1.54) is 36.4 Å². The molecule has 0 spiro atoms. The van der Waals surface area contributed by atoms with Crippen molar-refractivity contribution in [3.8, 4) is 24.3 Å². The fourth-order valence-corrected chi connectivity index (χ4v) is 5.59. The van der Waals surface area contributed by atoms with Crippen LogP contribution in [0.5, 0.6) is 0 Å². The maximum atomic E-state index is 13.3. The fourth-order valence-electron chi connectivity index (χ4n) is 2.99. The minimum atomic E-state index is -2.09. The van der Waals surface area contributed by atoms with Crippen LogP contribution in [0.25, 0.3) is 0 Å². The average molecular weight is 403 g/mol. The maximum Gasteiger partial charge on any atom is 0.269 e. The van der Waals surface area contributed by atoms with Crippen molar-refractivity contribution < 1.29 is 9.72 Å². The molecule has 0 bridgehead atoms. The van der Waals surface area contributed by atoms with E-state index in [1.807, 2.05) is 0 Å². The Kier molecular flexibility index (Phi) is 6.00. The number of non-ortho nitro benzene ring substituents is 1. The van der Waals surface area contributed by atoms with E-state index in [9.17, 15) is 25.4 Å². The van der Waals surface area contributed by atoms with E-state index in [-0.39, 0.29) is 28.0 Å². The number of nitriles is 4. The second-order valence-electron chi connectivity index (χ2n) is 6.30. The van der Waals surface area contributed by atoms with Crippen molar-refractivity contribution in [1.29, 1.82) is 21.0 Å². The van der Waals surface area contributed by atoms with Crippen LogP contribution in [0.4, 0.5) is 5.69 Å². The largest absolute Gasteiger partial charge is 0.293 e. The summed E-state index contributed by atoms with van der Waals surface area (Å²) in [5.74, 6) is -0.540.